The molecular formula is C24H32Cl2N2O4S. The quantitative estimate of drug-likeness (QED) is 0.419. The van der Waals surface area contributed by atoms with Crippen molar-refractivity contribution in [2.75, 3.05) is 31.8 Å². The highest BCUT2D eigenvalue weighted by Crippen LogP contribution is 2.54. The lowest BCUT2D eigenvalue weighted by Crippen LogP contribution is -2.38. The van der Waals surface area contributed by atoms with Crippen LogP contribution in [-0.4, -0.2) is 43.9 Å². The van der Waals surface area contributed by atoms with Crippen molar-refractivity contribution < 1.29 is 19.4 Å². The van der Waals surface area contributed by atoms with E-state index in [2.05, 4.69) is 19.2 Å². The third kappa shape index (κ3) is 6.70. The van der Waals surface area contributed by atoms with Gasteiger partial charge in [-0.3, -0.25) is 9.69 Å². The van der Waals surface area contributed by atoms with E-state index in [0.29, 0.717) is 23.3 Å². The van der Waals surface area contributed by atoms with E-state index in [1.54, 1.807) is 36.8 Å². The molecule has 0 aromatic heterocycles. The Morgan fingerprint density at radius 2 is 2.03 bits per heavy atom. The van der Waals surface area contributed by atoms with Crippen LogP contribution in [0.25, 0.3) is 0 Å². The fourth-order valence-electron chi connectivity index (χ4n) is 3.65. The maximum atomic E-state index is 12.6. The number of aliphatic hydroxyl groups excluding tert-OH is 1. The third-order valence-electron chi connectivity index (χ3n) is 5.46. The summed E-state index contributed by atoms with van der Waals surface area (Å²) in [6, 6.07) is 11.3. The molecule has 0 spiro atoms. The van der Waals surface area contributed by atoms with E-state index in [0.717, 1.165) is 34.9 Å². The molecule has 0 aliphatic carbocycles. The van der Waals surface area contributed by atoms with Crippen molar-refractivity contribution in [3.8, 4) is 11.5 Å². The summed E-state index contributed by atoms with van der Waals surface area (Å²) < 4.78 is 11.6. The summed E-state index contributed by atoms with van der Waals surface area (Å²) in [4.78, 5) is 15.3. The molecule has 3 rings (SSSR count). The van der Waals surface area contributed by atoms with Crippen molar-refractivity contribution in [1.82, 2.24) is 5.32 Å². The zero-order chi connectivity index (χ0) is 23.3. The van der Waals surface area contributed by atoms with Crippen LogP contribution in [0.3, 0.4) is 0 Å². The molecule has 0 saturated carbocycles. The van der Waals surface area contributed by atoms with Gasteiger partial charge in [-0.05, 0) is 55.3 Å². The number of fused-ring (bicyclic) bond motifs is 1. The summed E-state index contributed by atoms with van der Waals surface area (Å²) in [6.07, 6.45) is 0.790. The second kappa shape index (κ2) is 12.7. The van der Waals surface area contributed by atoms with Crippen LogP contribution in [0.5, 0.6) is 11.5 Å². The molecule has 2 N–H and O–H groups in total. The first-order chi connectivity index (χ1) is 15.3. The van der Waals surface area contributed by atoms with E-state index in [9.17, 15) is 9.90 Å². The number of carbonyl (C=O) groups excluding carboxylic acids is 1. The van der Waals surface area contributed by atoms with Crippen molar-refractivity contribution in [1.29, 1.82) is 0 Å². The number of ether oxygens (including phenoxy) is 2. The van der Waals surface area contributed by atoms with Gasteiger partial charge in [-0.15, -0.1) is 12.4 Å². The second-order valence-corrected chi connectivity index (χ2v) is 9.62. The summed E-state index contributed by atoms with van der Waals surface area (Å²) in [7, 11) is 1.62. The Balaban J connectivity index is 0.00000385. The number of methoxy groups -OCH3 is 1. The molecule has 0 radical (unpaired) electrons. The summed E-state index contributed by atoms with van der Waals surface area (Å²) in [5.41, 5.74) is 1.72. The molecule has 2 aromatic rings. The van der Waals surface area contributed by atoms with E-state index in [-0.39, 0.29) is 36.3 Å². The number of aliphatic hydroxyl groups is 1. The molecular weight excluding hydrogens is 483 g/mol. The lowest BCUT2D eigenvalue weighted by molar-refractivity contribution is -0.116. The summed E-state index contributed by atoms with van der Waals surface area (Å²) >= 11 is 7.76. The molecule has 0 saturated heterocycles. The molecule has 9 heteroatoms. The van der Waals surface area contributed by atoms with Gasteiger partial charge in [0, 0.05) is 28.4 Å². The van der Waals surface area contributed by atoms with Gasteiger partial charge in [0.1, 0.15) is 16.9 Å². The Hall–Kier alpha value is -1.64. The van der Waals surface area contributed by atoms with Gasteiger partial charge < -0.3 is 19.9 Å². The van der Waals surface area contributed by atoms with Crippen LogP contribution in [0.1, 0.15) is 38.1 Å². The van der Waals surface area contributed by atoms with Gasteiger partial charge >= 0.3 is 0 Å². The number of thioether (sulfide) groups is 1. The lowest BCUT2D eigenvalue weighted by Gasteiger charge is -2.26. The number of benzene rings is 2. The Bertz CT molecular complexity index is 945. The minimum atomic E-state index is -0.274. The van der Waals surface area contributed by atoms with Crippen LogP contribution < -0.4 is 19.7 Å². The number of amides is 1. The number of hydrogen-bond donors (Lipinski definition) is 2. The normalized spacial score (nSPS) is 15.7. The van der Waals surface area contributed by atoms with E-state index in [4.69, 9.17) is 21.1 Å². The molecule has 1 aliphatic rings. The highest BCUT2D eigenvalue weighted by molar-refractivity contribution is 8.00. The van der Waals surface area contributed by atoms with Gasteiger partial charge in [0.15, 0.2) is 0 Å². The van der Waals surface area contributed by atoms with Crippen LogP contribution in [-0.2, 0) is 4.79 Å². The Kier molecular flexibility index (Phi) is 10.6. The standard InChI is InChI=1S/C24H31ClN2O4S.ClH/c1-15(2)20(14-28)26-10-5-11-31-22-9-7-18(30-4)13-19(22)24-27(16(3)29)21-8-6-17(25)12-23(21)32-24;/h6-9,12-13,15,20,24,26,28H,5,10-11,14H2,1-4H3;1H/t20-,24?;/m1./s1. The highest BCUT2D eigenvalue weighted by atomic mass is 35.5. The molecule has 2 aromatic carbocycles. The zero-order valence-corrected chi connectivity index (χ0v) is 21.7. The van der Waals surface area contributed by atoms with Gasteiger partial charge in [0.25, 0.3) is 0 Å². The van der Waals surface area contributed by atoms with E-state index < -0.39 is 0 Å². The SMILES string of the molecule is COc1ccc(OCCCN[C@H](CO)C(C)C)c(C2Sc3cc(Cl)ccc3N2C(C)=O)c1.Cl. The Labute approximate surface area is 211 Å². The summed E-state index contributed by atoms with van der Waals surface area (Å²) in [5, 5.41) is 13.2. The average Bonchev–Trinajstić information content (AvgIpc) is 3.14. The maximum Gasteiger partial charge on any atom is 0.225 e. The van der Waals surface area contributed by atoms with Crippen molar-refractivity contribution in [3.63, 3.8) is 0 Å². The molecule has 1 heterocycles. The van der Waals surface area contributed by atoms with Gasteiger partial charge in [-0.1, -0.05) is 37.2 Å². The van der Waals surface area contributed by atoms with E-state index >= 15 is 0 Å². The van der Waals surface area contributed by atoms with Crippen LogP contribution >= 0.6 is 35.8 Å². The minimum Gasteiger partial charge on any atom is -0.497 e. The van der Waals surface area contributed by atoms with Gasteiger partial charge in [0.2, 0.25) is 5.91 Å². The Morgan fingerprint density at radius 3 is 2.67 bits per heavy atom. The lowest BCUT2D eigenvalue weighted by atomic mass is 10.1. The van der Waals surface area contributed by atoms with Crippen LogP contribution in [0.15, 0.2) is 41.3 Å². The largest absolute Gasteiger partial charge is 0.497 e. The van der Waals surface area contributed by atoms with Crippen molar-refractivity contribution >= 4 is 47.4 Å². The number of nitrogens with zero attached hydrogens (tertiary/aromatic N) is 1. The van der Waals surface area contributed by atoms with Crippen LogP contribution in [0.4, 0.5) is 5.69 Å². The number of halogens is 2. The fourth-order valence-corrected chi connectivity index (χ4v) is 5.29. The first-order valence-corrected chi connectivity index (χ1v) is 12.0. The molecule has 1 aliphatic heterocycles. The Morgan fingerprint density at radius 1 is 1.27 bits per heavy atom. The number of rotatable bonds is 10. The maximum absolute atomic E-state index is 12.6. The summed E-state index contributed by atoms with van der Waals surface area (Å²) in [5.74, 6) is 1.73. The van der Waals surface area contributed by atoms with Crippen molar-refractivity contribution in [2.24, 2.45) is 5.92 Å². The van der Waals surface area contributed by atoms with Crippen LogP contribution in [0, 0.1) is 5.92 Å². The van der Waals surface area contributed by atoms with Crippen LogP contribution in [0.2, 0.25) is 5.02 Å². The van der Waals surface area contributed by atoms with Crippen molar-refractivity contribution in [2.45, 2.75) is 43.5 Å². The topological polar surface area (TPSA) is 71.0 Å². The predicted octanol–water partition coefficient (Wildman–Crippen LogP) is 5.30. The molecule has 33 heavy (non-hydrogen) atoms. The monoisotopic (exact) mass is 514 g/mol. The molecule has 0 fully saturated rings. The first-order valence-electron chi connectivity index (χ1n) is 10.8. The average molecular weight is 516 g/mol. The molecule has 1 unspecified atom stereocenters. The highest BCUT2D eigenvalue weighted by Gasteiger charge is 2.36. The second-order valence-electron chi connectivity index (χ2n) is 8.06. The zero-order valence-electron chi connectivity index (χ0n) is 19.3. The molecule has 0 bridgehead atoms. The number of nitrogens with one attached hydrogen (secondary N) is 1. The molecule has 6 nitrogen and oxygen atoms in total. The van der Waals surface area contributed by atoms with Gasteiger partial charge in [-0.2, -0.15) is 0 Å². The van der Waals surface area contributed by atoms with Gasteiger partial charge in [0.05, 0.1) is 26.0 Å². The number of anilines is 1. The minimum absolute atomic E-state index is 0. The molecule has 2 atom stereocenters. The first kappa shape index (κ1) is 27.6. The number of hydrogen-bond acceptors (Lipinski definition) is 6. The predicted molar refractivity (Wildman–Crippen MR) is 137 cm³/mol. The third-order valence-corrected chi connectivity index (χ3v) is 6.97. The molecule has 182 valence electrons. The van der Waals surface area contributed by atoms with E-state index in [1.807, 2.05) is 30.3 Å². The smallest absolute Gasteiger partial charge is 0.225 e. The summed E-state index contributed by atoms with van der Waals surface area (Å²) in [6.45, 7) is 7.11. The van der Waals surface area contributed by atoms with Crippen molar-refractivity contribution in [3.05, 3.63) is 47.0 Å². The number of carbonyl (C=O) groups is 1. The molecule has 1 amide bonds. The van der Waals surface area contributed by atoms with E-state index in [1.165, 1.54) is 0 Å². The fraction of sp³-hybridized carbons (Fsp3) is 0.458. The van der Waals surface area contributed by atoms with Gasteiger partial charge in [-0.25, -0.2) is 0 Å².